The molecule has 2 aromatic rings. The molecule has 1 unspecified atom stereocenters. The number of nitrogens with one attached hydrogen (secondary N) is 1. The highest BCUT2D eigenvalue weighted by molar-refractivity contribution is 5.96. The summed E-state index contributed by atoms with van der Waals surface area (Å²) >= 11 is 0. The fourth-order valence-corrected chi connectivity index (χ4v) is 2.62. The topological polar surface area (TPSA) is 68.1 Å². The third kappa shape index (κ3) is 2.19. The van der Waals surface area contributed by atoms with Gasteiger partial charge in [-0.1, -0.05) is 13.8 Å². The van der Waals surface area contributed by atoms with E-state index in [-0.39, 0.29) is 10.6 Å². The van der Waals surface area contributed by atoms with Crippen LogP contribution < -0.4 is 5.32 Å². The third-order valence-electron chi connectivity index (χ3n) is 4.20. The van der Waals surface area contributed by atoms with Crippen molar-refractivity contribution in [3.63, 3.8) is 0 Å². The van der Waals surface area contributed by atoms with Gasteiger partial charge in [-0.2, -0.15) is 0 Å². The van der Waals surface area contributed by atoms with Crippen LogP contribution in [0.25, 0.3) is 10.9 Å². The minimum atomic E-state index is -0.386. The molecule has 5 heteroatoms. The Balaban J connectivity index is 1.92. The minimum absolute atomic E-state index is 0.0536. The normalized spacial score (nSPS) is 19.8. The molecule has 1 aliphatic rings. The molecule has 1 heterocycles. The molecule has 1 saturated carbocycles. The predicted molar refractivity (Wildman–Crippen MR) is 78.8 cm³/mol. The van der Waals surface area contributed by atoms with Gasteiger partial charge in [-0.3, -0.25) is 10.1 Å². The van der Waals surface area contributed by atoms with Gasteiger partial charge in [0.05, 0.1) is 4.92 Å². The second-order valence-corrected chi connectivity index (χ2v) is 6.06. The average Bonchev–Trinajstić information content (AvgIpc) is 3.03. The molecule has 0 aliphatic heterocycles. The number of non-ortho nitro benzene ring substituents is 1. The number of nitrogens with zero attached hydrogens (tertiary/aromatic N) is 2. The van der Waals surface area contributed by atoms with E-state index < -0.39 is 0 Å². The van der Waals surface area contributed by atoms with E-state index in [1.54, 1.807) is 18.3 Å². The van der Waals surface area contributed by atoms with Crippen molar-refractivity contribution in [1.82, 2.24) is 4.98 Å². The molecular weight excluding hydrogens is 254 g/mol. The van der Waals surface area contributed by atoms with Crippen LogP contribution in [0, 0.1) is 21.4 Å². The van der Waals surface area contributed by atoms with E-state index in [0.717, 1.165) is 17.6 Å². The molecule has 0 bridgehead atoms. The minimum Gasteiger partial charge on any atom is -0.384 e. The molecule has 0 radical (unpaired) electrons. The van der Waals surface area contributed by atoms with E-state index in [0.29, 0.717) is 16.8 Å². The first-order chi connectivity index (χ1) is 9.49. The van der Waals surface area contributed by atoms with Gasteiger partial charge in [-0.05, 0) is 36.0 Å². The summed E-state index contributed by atoms with van der Waals surface area (Å²) in [5.41, 5.74) is 1.83. The summed E-state index contributed by atoms with van der Waals surface area (Å²) in [6.07, 6.45) is 2.81. The van der Waals surface area contributed by atoms with Crippen molar-refractivity contribution in [2.24, 2.45) is 11.3 Å². The zero-order valence-corrected chi connectivity index (χ0v) is 11.6. The molecule has 0 saturated heterocycles. The number of nitro benzene ring substituents is 1. The van der Waals surface area contributed by atoms with Crippen molar-refractivity contribution < 1.29 is 4.92 Å². The van der Waals surface area contributed by atoms with E-state index in [4.69, 9.17) is 0 Å². The maximum Gasteiger partial charge on any atom is 0.295 e. The first-order valence-corrected chi connectivity index (χ1v) is 6.75. The highest BCUT2D eigenvalue weighted by Crippen LogP contribution is 2.51. The summed E-state index contributed by atoms with van der Waals surface area (Å²) in [6.45, 7) is 5.42. The molecule has 104 valence electrons. The SMILES string of the molecule is CC1(C)CC1CNc1ccc([N+](=O)[O-])c2ncccc12. The molecule has 20 heavy (non-hydrogen) atoms. The van der Waals surface area contributed by atoms with Crippen LogP contribution in [0.4, 0.5) is 11.4 Å². The third-order valence-corrected chi connectivity index (χ3v) is 4.20. The number of hydrogen-bond donors (Lipinski definition) is 1. The summed E-state index contributed by atoms with van der Waals surface area (Å²) in [5.74, 6) is 0.671. The summed E-state index contributed by atoms with van der Waals surface area (Å²) in [4.78, 5) is 14.8. The van der Waals surface area contributed by atoms with Crippen molar-refractivity contribution in [3.05, 3.63) is 40.6 Å². The summed E-state index contributed by atoms with van der Waals surface area (Å²) in [6, 6.07) is 6.97. The maximum absolute atomic E-state index is 11.0. The summed E-state index contributed by atoms with van der Waals surface area (Å²) in [5, 5.41) is 15.2. The number of rotatable bonds is 4. The smallest absolute Gasteiger partial charge is 0.295 e. The largest absolute Gasteiger partial charge is 0.384 e. The number of pyridine rings is 1. The Morgan fingerprint density at radius 1 is 1.45 bits per heavy atom. The zero-order chi connectivity index (χ0) is 14.3. The second kappa shape index (κ2) is 4.44. The van der Waals surface area contributed by atoms with Crippen LogP contribution in [0.3, 0.4) is 0 Å². The number of benzene rings is 1. The number of fused-ring (bicyclic) bond motifs is 1. The van der Waals surface area contributed by atoms with Crippen LogP contribution in [0.1, 0.15) is 20.3 Å². The van der Waals surface area contributed by atoms with Crippen LogP contribution in [0.15, 0.2) is 30.5 Å². The van der Waals surface area contributed by atoms with Crippen molar-refractivity contribution in [2.45, 2.75) is 20.3 Å². The Labute approximate surface area is 117 Å². The Hall–Kier alpha value is -2.17. The Bertz CT molecular complexity index is 682. The lowest BCUT2D eigenvalue weighted by molar-refractivity contribution is -0.383. The van der Waals surface area contributed by atoms with E-state index in [1.165, 1.54) is 12.5 Å². The highest BCUT2D eigenvalue weighted by Gasteiger charge is 2.44. The van der Waals surface area contributed by atoms with Crippen molar-refractivity contribution in [2.75, 3.05) is 11.9 Å². The van der Waals surface area contributed by atoms with Crippen LogP contribution in [-0.4, -0.2) is 16.5 Å². The van der Waals surface area contributed by atoms with Crippen LogP contribution >= 0.6 is 0 Å². The van der Waals surface area contributed by atoms with Gasteiger partial charge in [0.25, 0.3) is 5.69 Å². The Morgan fingerprint density at radius 2 is 2.20 bits per heavy atom. The zero-order valence-electron chi connectivity index (χ0n) is 11.6. The molecule has 0 spiro atoms. The number of nitro groups is 1. The fraction of sp³-hybridized carbons (Fsp3) is 0.400. The monoisotopic (exact) mass is 271 g/mol. The maximum atomic E-state index is 11.0. The van der Waals surface area contributed by atoms with Crippen LogP contribution in [0.2, 0.25) is 0 Å². The van der Waals surface area contributed by atoms with E-state index in [2.05, 4.69) is 24.1 Å². The number of anilines is 1. The molecule has 1 aromatic carbocycles. The second-order valence-electron chi connectivity index (χ2n) is 6.06. The first kappa shape index (κ1) is 12.8. The van der Waals surface area contributed by atoms with Crippen molar-refractivity contribution in [1.29, 1.82) is 0 Å². The number of hydrogen-bond acceptors (Lipinski definition) is 4. The lowest BCUT2D eigenvalue weighted by Crippen LogP contribution is -2.07. The first-order valence-electron chi connectivity index (χ1n) is 6.75. The fourth-order valence-electron chi connectivity index (χ4n) is 2.62. The van der Waals surface area contributed by atoms with Gasteiger partial charge in [-0.15, -0.1) is 0 Å². The van der Waals surface area contributed by atoms with Gasteiger partial charge < -0.3 is 5.32 Å². The molecule has 5 nitrogen and oxygen atoms in total. The Kier molecular flexibility index (Phi) is 2.85. The molecule has 1 N–H and O–H groups in total. The molecule has 0 amide bonds. The van der Waals surface area contributed by atoms with Crippen LogP contribution in [-0.2, 0) is 0 Å². The van der Waals surface area contributed by atoms with Gasteiger partial charge in [0.1, 0.15) is 5.52 Å². The lowest BCUT2D eigenvalue weighted by Gasteiger charge is -2.10. The van der Waals surface area contributed by atoms with E-state index >= 15 is 0 Å². The predicted octanol–water partition coefficient (Wildman–Crippen LogP) is 3.60. The van der Waals surface area contributed by atoms with Gasteiger partial charge in [0, 0.05) is 29.9 Å². The van der Waals surface area contributed by atoms with Crippen molar-refractivity contribution >= 4 is 22.3 Å². The van der Waals surface area contributed by atoms with E-state index in [1.807, 2.05) is 6.07 Å². The van der Waals surface area contributed by atoms with E-state index in [9.17, 15) is 10.1 Å². The summed E-state index contributed by atoms with van der Waals surface area (Å²) < 4.78 is 0. The number of aromatic nitrogens is 1. The molecule has 1 aromatic heterocycles. The molecule has 1 fully saturated rings. The summed E-state index contributed by atoms with van der Waals surface area (Å²) in [7, 11) is 0. The average molecular weight is 271 g/mol. The molecule has 1 aliphatic carbocycles. The molecule has 3 rings (SSSR count). The van der Waals surface area contributed by atoms with Crippen molar-refractivity contribution in [3.8, 4) is 0 Å². The quantitative estimate of drug-likeness (QED) is 0.681. The Morgan fingerprint density at radius 3 is 2.85 bits per heavy atom. The van der Waals surface area contributed by atoms with Gasteiger partial charge in [0.2, 0.25) is 0 Å². The lowest BCUT2D eigenvalue weighted by atomic mass is 10.1. The van der Waals surface area contributed by atoms with Crippen LogP contribution in [0.5, 0.6) is 0 Å². The molecular formula is C15H17N3O2. The van der Waals surface area contributed by atoms with Gasteiger partial charge in [-0.25, -0.2) is 4.98 Å². The van der Waals surface area contributed by atoms with Gasteiger partial charge >= 0.3 is 0 Å². The van der Waals surface area contributed by atoms with Gasteiger partial charge in [0.15, 0.2) is 0 Å². The molecule has 1 atom stereocenters. The highest BCUT2D eigenvalue weighted by atomic mass is 16.6. The standard InChI is InChI=1S/C15H17N3O2/c1-15(2)8-10(15)9-17-12-5-6-13(18(19)20)14-11(12)4-3-7-16-14/h3-7,10,17H,8-9H2,1-2H3.